The molecule has 0 aliphatic carbocycles. The van der Waals surface area contributed by atoms with Gasteiger partial charge >= 0.3 is 0 Å². The zero-order valence-electron chi connectivity index (χ0n) is 11.1. The molecule has 1 aromatic heterocycles. The molecular weight excluding hydrogens is 243 g/mol. The topological polar surface area (TPSA) is 34.1 Å². The standard InChI is InChI=1S/C15H17FN2O/c1-11-9-13(16)4-3-12(11)5-7-17-14-6-8-18-15(10-14)19-2/h3-4,6,8-10H,5,7H2,1-2H3,(H,17,18). The molecular formula is C15H17FN2O. The smallest absolute Gasteiger partial charge is 0.214 e. The number of anilines is 1. The summed E-state index contributed by atoms with van der Waals surface area (Å²) in [6, 6.07) is 8.62. The van der Waals surface area contributed by atoms with Crippen molar-refractivity contribution in [3.63, 3.8) is 0 Å². The van der Waals surface area contributed by atoms with Crippen LogP contribution in [0.2, 0.25) is 0 Å². The van der Waals surface area contributed by atoms with Gasteiger partial charge in [-0.2, -0.15) is 0 Å². The van der Waals surface area contributed by atoms with Gasteiger partial charge in [0.1, 0.15) is 5.82 Å². The minimum absolute atomic E-state index is 0.187. The fourth-order valence-electron chi connectivity index (χ4n) is 1.91. The van der Waals surface area contributed by atoms with E-state index in [-0.39, 0.29) is 5.82 Å². The van der Waals surface area contributed by atoms with E-state index >= 15 is 0 Å². The Morgan fingerprint density at radius 3 is 2.84 bits per heavy atom. The fourth-order valence-corrected chi connectivity index (χ4v) is 1.91. The molecule has 0 radical (unpaired) electrons. The maximum absolute atomic E-state index is 13.0. The van der Waals surface area contributed by atoms with E-state index in [0.29, 0.717) is 5.88 Å². The second-order valence-electron chi connectivity index (χ2n) is 4.33. The number of hydrogen-bond donors (Lipinski definition) is 1. The zero-order chi connectivity index (χ0) is 13.7. The van der Waals surface area contributed by atoms with E-state index in [1.807, 2.05) is 25.1 Å². The van der Waals surface area contributed by atoms with E-state index in [2.05, 4.69) is 10.3 Å². The number of hydrogen-bond acceptors (Lipinski definition) is 3. The molecule has 19 heavy (non-hydrogen) atoms. The van der Waals surface area contributed by atoms with E-state index in [9.17, 15) is 4.39 Å². The van der Waals surface area contributed by atoms with Gasteiger partial charge in [-0.1, -0.05) is 6.07 Å². The van der Waals surface area contributed by atoms with Gasteiger partial charge in [0.25, 0.3) is 0 Å². The molecule has 0 unspecified atom stereocenters. The van der Waals surface area contributed by atoms with Crippen molar-refractivity contribution in [3.05, 3.63) is 53.5 Å². The van der Waals surface area contributed by atoms with Crippen molar-refractivity contribution < 1.29 is 9.13 Å². The fraction of sp³-hybridized carbons (Fsp3) is 0.267. The van der Waals surface area contributed by atoms with Crippen LogP contribution in [0.15, 0.2) is 36.5 Å². The maximum Gasteiger partial charge on any atom is 0.214 e. The Kier molecular flexibility index (Phi) is 4.34. The molecule has 2 aromatic rings. The molecule has 0 aliphatic rings. The number of benzene rings is 1. The Morgan fingerprint density at radius 1 is 1.26 bits per heavy atom. The van der Waals surface area contributed by atoms with E-state index in [1.54, 1.807) is 19.4 Å². The minimum Gasteiger partial charge on any atom is -0.481 e. The molecule has 0 saturated heterocycles. The Bertz CT molecular complexity index is 558. The summed E-state index contributed by atoms with van der Waals surface area (Å²) in [5.41, 5.74) is 3.09. The minimum atomic E-state index is -0.187. The van der Waals surface area contributed by atoms with Gasteiger partial charge in [0, 0.05) is 24.5 Å². The first-order valence-electron chi connectivity index (χ1n) is 6.18. The van der Waals surface area contributed by atoms with Crippen LogP contribution in [-0.4, -0.2) is 18.6 Å². The Labute approximate surface area is 112 Å². The lowest BCUT2D eigenvalue weighted by Crippen LogP contribution is -2.06. The van der Waals surface area contributed by atoms with Gasteiger partial charge in [0.2, 0.25) is 5.88 Å². The first kappa shape index (κ1) is 13.3. The average molecular weight is 260 g/mol. The van der Waals surface area contributed by atoms with Gasteiger partial charge in [-0.05, 0) is 42.7 Å². The third-order valence-corrected chi connectivity index (χ3v) is 2.97. The van der Waals surface area contributed by atoms with Crippen molar-refractivity contribution in [2.24, 2.45) is 0 Å². The molecule has 1 N–H and O–H groups in total. The molecule has 4 heteroatoms. The average Bonchev–Trinajstić information content (AvgIpc) is 2.41. The number of rotatable bonds is 5. The summed E-state index contributed by atoms with van der Waals surface area (Å²) in [5, 5.41) is 3.30. The second kappa shape index (κ2) is 6.18. The van der Waals surface area contributed by atoms with Crippen LogP contribution in [0.5, 0.6) is 5.88 Å². The van der Waals surface area contributed by atoms with Gasteiger partial charge < -0.3 is 10.1 Å². The molecule has 1 aromatic carbocycles. The van der Waals surface area contributed by atoms with Crippen LogP contribution < -0.4 is 10.1 Å². The Hall–Kier alpha value is -2.10. The molecule has 0 atom stereocenters. The highest BCUT2D eigenvalue weighted by Gasteiger charge is 2.01. The van der Waals surface area contributed by atoms with Crippen LogP contribution in [0, 0.1) is 12.7 Å². The molecule has 0 saturated carbocycles. The van der Waals surface area contributed by atoms with Crippen molar-refractivity contribution in [1.29, 1.82) is 0 Å². The van der Waals surface area contributed by atoms with E-state index in [0.717, 1.165) is 29.8 Å². The number of aryl methyl sites for hydroxylation is 1. The van der Waals surface area contributed by atoms with Crippen molar-refractivity contribution in [2.75, 3.05) is 19.0 Å². The number of ether oxygens (including phenoxy) is 1. The van der Waals surface area contributed by atoms with Gasteiger partial charge in [0.15, 0.2) is 0 Å². The third kappa shape index (κ3) is 3.68. The number of nitrogens with one attached hydrogen (secondary N) is 1. The lowest BCUT2D eigenvalue weighted by atomic mass is 10.1. The van der Waals surface area contributed by atoms with Crippen LogP contribution in [0.25, 0.3) is 0 Å². The number of halogens is 1. The van der Waals surface area contributed by atoms with Crippen LogP contribution in [0.1, 0.15) is 11.1 Å². The van der Waals surface area contributed by atoms with Gasteiger partial charge in [-0.15, -0.1) is 0 Å². The maximum atomic E-state index is 13.0. The molecule has 100 valence electrons. The first-order chi connectivity index (χ1) is 9.19. The largest absolute Gasteiger partial charge is 0.481 e. The number of nitrogens with zero attached hydrogens (tertiary/aromatic N) is 1. The Balaban J connectivity index is 1.92. The van der Waals surface area contributed by atoms with Crippen LogP contribution in [0.3, 0.4) is 0 Å². The molecule has 0 bridgehead atoms. The summed E-state index contributed by atoms with van der Waals surface area (Å²) in [7, 11) is 1.59. The van der Waals surface area contributed by atoms with Crippen molar-refractivity contribution in [2.45, 2.75) is 13.3 Å². The molecule has 0 amide bonds. The summed E-state index contributed by atoms with van der Waals surface area (Å²) < 4.78 is 18.0. The van der Waals surface area contributed by atoms with E-state index in [1.165, 1.54) is 6.07 Å². The highest BCUT2D eigenvalue weighted by atomic mass is 19.1. The second-order valence-corrected chi connectivity index (χ2v) is 4.33. The number of pyridine rings is 1. The Morgan fingerprint density at radius 2 is 2.11 bits per heavy atom. The molecule has 1 heterocycles. The normalized spacial score (nSPS) is 10.3. The summed E-state index contributed by atoms with van der Waals surface area (Å²) in [4.78, 5) is 4.04. The van der Waals surface area contributed by atoms with Crippen LogP contribution in [-0.2, 0) is 6.42 Å². The lowest BCUT2D eigenvalue weighted by Gasteiger charge is -2.09. The molecule has 3 nitrogen and oxygen atoms in total. The van der Waals surface area contributed by atoms with Gasteiger partial charge in [-0.25, -0.2) is 9.37 Å². The summed E-state index contributed by atoms with van der Waals surface area (Å²) in [6.07, 6.45) is 2.54. The van der Waals surface area contributed by atoms with Gasteiger partial charge in [0.05, 0.1) is 7.11 Å². The molecule has 2 rings (SSSR count). The third-order valence-electron chi connectivity index (χ3n) is 2.97. The van der Waals surface area contributed by atoms with Crippen molar-refractivity contribution >= 4 is 5.69 Å². The van der Waals surface area contributed by atoms with Crippen LogP contribution >= 0.6 is 0 Å². The molecule has 0 fully saturated rings. The lowest BCUT2D eigenvalue weighted by molar-refractivity contribution is 0.398. The summed E-state index contributed by atoms with van der Waals surface area (Å²) >= 11 is 0. The quantitative estimate of drug-likeness (QED) is 0.896. The predicted molar refractivity (Wildman–Crippen MR) is 74.1 cm³/mol. The van der Waals surface area contributed by atoms with Crippen molar-refractivity contribution in [3.8, 4) is 5.88 Å². The molecule has 0 spiro atoms. The SMILES string of the molecule is COc1cc(NCCc2ccc(F)cc2C)ccn1. The van der Waals surface area contributed by atoms with Gasteiger partial charge in [-0.3, -0.25) is 0 Å². The zero-order valence-corrected chi connectivity index (χ0v) is 11.1. The van der Waals surface area contributed by atoms with E-state index in [4.69, 9.17) is 4.74 Å². The highest BCUT2D eigenvalue weighted by Crippen LogP contribution is 2.14. The summed E-state index contributed by atoms with van der Waals surface area (Å²) in [5.74, 6) is 0.399. The first-order valence-corrected chi connectivity index (χ1v) is 6.18. The monoisotopic (exact) mass is 260 g/mol. The predicted octanol–water partition coefficient (Wildman–Crippen LogP) is 3.19. The highest BCUT2D eigenvalue weighted by molar-refractivity contribution is 5.45. The van der Waals surface area contributed by atoms with E-state index < -0.39 is 0 Å². The van der Waals surface area contributed by atoms with Crippen LogP contribution in [0.4, 0.5) is 10.1 Å². The summed E-state index contributed by atoms with van der Waals surface area (Å²) in [6.45, 7) is 2.70. The van der Waals surface area contributed by atoms with Crippen molar-refractivity contribution in [1.82, 2.24) is 4.98 Å². The number of aromatic nitrogens is 1. The number of methoxy groups -OCH3 is 1. The molecule has 0 aliphatic heterocycles.